The molecule has 4 heteroatoms. The number of carbonyl (C=O) groups excluding carboxylic acids is 1. The molecule has 0 saturated heterocycles. The van der Waals surface area contributed by atoms with Crippen LogP contribution in [0.25, 0.3) is 0 Å². The van der Waals surface area contributed by atoms with Gasteiger partial charge in [-0.05, 0) is 17.0 Å². The molecule has 2 aromatic rings. The molecule has 0 radical (unpaired) electrons. The molecule has 0 aliphatic rings. The first-order chi connectivity index (χ1) is 12.0. The molecule has 1 amide bonds. The minimum absolute atomic E-state index is 0.209. The monoisotopic (exact) mass is 337 g/mol. The predicted octanol–water partition coefficient (Wildman–Crippen LogP) is 3.39. The van der Waals surface area contributed by atoms with Crippen LogP contribution in [-0.4, -0.2) is 23.5 Å². The van der Waals surface area contributed by atoms with Gasteiger partial charge in [0, 0.05) is 24.1 Å². The first kappa shape index (κ1) is 18.5. The Balaban J connectivity index is 2.42. The Labute approximate surface area is 148 Å². The van der Waals surface area contributed by atoms with E-state index >= 15 is 0 Å². The normalized spacial score (nSPS) is 11.6. The van der Waals surface area contributed by atoms with Gasteiger partial charge in [-0.3, -0.25) is 4.79 Å². The molecule has 2 aromatic carbocycles. The minimum Gasteiger partial charge on any atom is -0.478 e. The van der Waals surface area contributed by atoms with E-state index in [4.69, 9.17) is 5.11 Å². The molecule has 0 spiro atoms. The van der Waals surface area contributed by atoms with Crippen LogP contribution in [0.15, 0.2) is 72.8 Å². The Morgan fingerprint density at radius 2 is 1.44 bits per heavy atom. The molecular weight excluding hydrogens is 314 g/mol. The average molecular weight is 337 g/mol. The summed E-state index contributed by atoms with van der Waals surface area (Å²) < 4.78 is 0. The van der Waals surface area contributed by atoms with E-state index < -0.39 is 17.3 Å². The van der Waals surface area contributed by atoms with Crippen molar-refractivity contribution in [1.29, 1.82) is 0 Å². The van der Waals surface area contributed by atoms with Crippen molar-refractivity contribution in [2.75, 3.05) is 6.54 Å². The fourth-order valence-corrected chi connectivity index (χ4v) is 3.15. The van der Waals surface area contributed by atoms with Gasteiger partial charge in [-0.2, -0.15) is 0 Å². The molecule has 0 bridgehead atoms. The number of aliphatic carboxylic acids is 1. The van der Waals surface area contributed by atoms with Crippen LogP contribution < -0.4 is 5.32 Å². The lowest BCUT2D eigenvalue weighted by molar-refractivity contribution is -0.131. The minimum atomic E-state index is -1.14. The number of hydrogen-bond donors (Lipinski definition) is 2. The van der Waals surface area contributed by atoms with Gasteiger partial charge in [0.15, 0.2) is 0 Å². The first-order valence-electron chi connectivity index (χ1n) is 8.26. The fourth-order valence-electron chi connectivity index (χ4n) is 3.15. The SMILES string of the molecule is CC(C)C(CNC(=O)/C=C\C(=O)O)(c1ccccc1)c1ccccc1. The van der Waals surface area contributed by atoms with E-state index in [1.54, 1.807) is 0 Å². The third-order valence-corrected chi connectivity index (χ3v) is 4.48. The smallest absolute Gasteiger partial charge is 0.328 e. The summed E-state index contributed by atoms with van der Waals surface area (Å²) in [5, 5.41) is 11.5. The van der Waals surface area contributed by atoms with Crippen LogP contribution in [0.2, 0.25) is 0 Å². The number of carboxylic acid groups (broad SMARTS) is 1. The molecule has 130 valence electrons. The maximum atomic E-state index is 12.0. The van der Waals surface area contributed by atoms with E-state index in [2.05, 4.69) is 43.4 Å². The lowest BCUT2D eigenvalue weighted by Gasteiger charge is -2.39. The second kappa shape index (κ2) is 8.29. The van der Waals surface area contributed by atoms with Crippen LogP contribution in [0.1, 0.15) is 25.0 Å². The molecule has 0 aromatic heterocycles. The molecule has 0 atom stereocenters. The Bertz CT molecular complexity index is 697. The molecule has 2 rings (SSSR count). The van der Waals surface area contributed by atoms with E-state index in [0.29, 0.717) is 6.54 Å². The van der Waals surface area contributed by atoms with Gasteiger partial charge in [-0.25, -0.2) is 4.79 Å². The lowest BCUT2D eigenvalue weighted by atomic mass is 9.67. The summed E-state index contributed by atoms with van der Waals surface area (Å²) in [5.74, 6) is -1.35. The van der Waals surface area contributed by atoms with Crippen molar-refractivity contribution in [3.05, 3.63) is 83.9 Å². The molecule has 25 heavy (non-hydrogen) atoms. The highest BCUT2D eigenvalue weighted by Gasteiger charge is 2.37. The highest BCUT2D eigenvalue weighted by Crippen LogP contribution is 2.38. The van der Waals surface area contributed by atoms with Gasteiger partial charge in [0.2, 0.25) is 5.91 Å². The highest BCUT2D eigenvalue weighted by atomic mass is 16.4. The number of amides is 1. The first-order valence-corrected chi connectivity index (χ1v) is 8.26. The van der Waals surface area contributed by atoms with Crippen LogP contribution in [0.3, 0.4) is 0 Å². The summed E-state index contributed by atoms with van der Waals surface area (Å²) in [5.41, 5.74) is 1.81. The van der Waals surface area contributed by atoms with Crippen molar-refractivity contribution in [3.63, 3.8) is 0 Å². The van der Waals surface area contributed by atoms with E-state index in [0.717, 1.165) is 23.3 Å². The van der Waals surface area contributed by atoms with E-state index in [1.165, 1.54) is 0 Å². The number of hydrogen-bond acceptors (Lipinski definition) is 2. The topological polar surface area (TPSA) is 66.4 Å². The van der Waals surface area contributed by atoms with Gasteiger partial charge in [0.25, 0.3) is 0 Å². The van der Waals surface area contributed by atoms with Crippen molar-refractivity contribution in [2.45, 2.75) is 19.3 Å². The maximum absolute atomic E-state index is 12.0. The van der Waals surface area contributed by atoms with Gasteiger partial charge in [0.1, 0.15) is 0 Å². The zero-order valence-corrected chi connectivity index (χ0v) is 14.5. The number of benzene rings is 2. The molecule has 0 aliphatic heterocycles. The third-order valence-electron chi connectivity index (χ3n) is 4.48. The van der Waals surface area contributed by atoms with E-state index in [9.17, 15) is 9.59 Å². The second-order valence-electron chi connectivity index (χ2n) is 6.25. The van der Waals surface area contributed by atoms with Crippen molar-refractivity contribution < 1.29 is 14.7 Å². The van der Waals surface area contributed by atoms with Crippen LogP contribution >= 0.6 is 0 Å². The predicted molar refractivity (Wildman–Crippen MR) is 98.3 cm³/mol. The van der Waals surface area contributed by atoms with Crippen LogP contribution in [-0.2, 0) is 15.0 Å². The Kier molecular flexibility index (Phi) is 6.12. The van der Waals surface area contributed by atoms with Crippen molar-refractivity contribution in [1.82, 2.24) is 5.32 Å². The molecule has 2 N–H and O–H groups in total. The molecular formula is C21H23NO3. The van der Waals surface area contributed by atoms with Gasteiger partial charge >= 0.3 is 5.97 Å². The number of rotatable bonds is 7. The molecule has 0 saturated carbocycles. The standard InChI is InChI=1S/C21H23NO3/c1-16(2)21(17-9-5-3-6-10-17,18-11-7-4-8-12-18)15-22-19(23)13-14-20(24)25/h3-14,16H,15H2,1-2H3,(H,22,23)(H,24,25)/b14-13-. The third kappa shape index (κ3) is 4.35. The van der Waals surface area contributed by atoms with Crippen LogP contribution in [0.4, 0.5) is 0 Å². The summed E-state index contributed by atoms with van der Waals surface area (Å²) in [7, 11) is 0. The molecule has 0 fully saturated rings. The molecule has 0 aliphatic carbocycles. The zero-order chi connectivity index (χ0) is 18.3. The largest absolute Gasteiger partial charge is 0.478 e. The van der Waals surface area contributed by atoms with E-state index in [-0.39, 0.29) is 5.92 Å². The maximum Gasteiger partial charge on any atom is 0.328 e. The number of nitrogens with one attached hydrogen (secondary N) is 1. The van der Waals surface area contributed by atoms with Gasteiger partial charge in [-0.1, -0.05) is 74.5 Å². The fraction of sp³-hybridized carbons (Fsp3) is 0.238. The van der Waals surface area contributed by atoms with Gasteiger partial charge < -0.3 is 10.4 Å². The molecule has 4 nitrogen and oxygen atoms in total. The van der Waals surface area contributed by atoms with Crippen LogP contribution in [0.5, 0.6) is 0 Å². The van der Waals surface area contributed by atoms with Crippen molar-refractivity contribution >= 4 is 11.9 Å². The van der Waals surface area contributed by atoms with Gasteiger partial charge in [0.05, 0.1) is 0 Å². The highest BCUT2D eigenvalue weighted by molar-refractivity contribution is 5.93. The summed E-state index contributed by atoms with van der Waals surface area (Å²) in [6.45, 7) is 4.62. The van der Waals surface area contributed by atoms with Crippen molar-refractivity contribution in [3.8, 4) is 0 Å². The lowest BCUT2D eigenvalue weighted by Crippen LogP contribution is -2.45. The van der Waals surface area contributed by atoms with E-state index in [1.807, 2.05) is 36.4 Å². The Hall–Kier alpha value is -2.88. The summed E-state index contributed by atoms with van der Waals surface area (Å²) in [6, 6.07) is 20.1. The zero-order valence-electron chi connectivity index (χ0n) is 14.5. The molecule has 0 unspecified atom stereocenters. The Morgan fingerprint density at radius 1 is 0.960 bits per heavy atom. The quantitative estimate of drug-likeness (QED) is 0.761. The van der Waals surface area contributed by atoms with Crippen LogP contribution in [0, 0.1) is 5.92 Å². The van der Waals surface area contributed by atoms with Gasteiger partial charge in [-0.15, -0.1) is 0 Å². The summed E-state index contributed by atoms with van der Waals surface area (Å²) in [6.07, 6.45) is 1.89. The number of carboxylic acids is 1. The number of carbonyl (C=O) groups is 2. The summed E-state index contributed by atoms with van der Waals surface area (Å²) >= 11 is 0. The molecule has 0 heterocycles. The second-order valence-corrected chi connectivity index (χ2v) is 6.25. The average Bonchev–Trinajstić information content (AvgIpc) is 2.62. The Morgan fingerprint density at radius 3 is 1.84 bits per heavy atom. The summed E-state index contributed by atoms with van der Waals surface area (Å²) in [4.78, 5) is 22.6. The van der Waals surface area contributed by atoms with Crippen molar-refractivity contribution in [2.24, 2.45) is 5.92 Å².